The molecule has 0 N–H and O–H groups in total. The second kappa shape index (κ2) is 42.5. The fourth-order valence-electron chi connectivity index (χ4n) is 14.6. The molecule has 0 aliphatic heterocycles. The highest BCUT2D eigenvalue weighted by molar-refractivity contribution is 5.87. The molecule has 0 unspecified atom stereocenters. The van der Waals surface area contributed by atoms with Crippen LogP contribution in [0.1, 0.15) is 111 Å². The van der Waals surface area contributed by atoms with Crippen molar-refractivity contribution >= 4 is 43.1 Å². The van der Waals surface area contributed by atoms with Gasteiger partial charge in [-0.15, -0.1) is 0 Å². The molecule has 0 radical (unpaired) electrons. The number of ether oxygens (including phenoxy) is 4. The zero-order chi connectivity index (χ0) is 92.7. The van der Waals surface area contributed by atoms with Crippen molar-refractivity contribution < 1.29 is 107 Å². The van der Waals surface area contributed by atoms with Crippen LogP contribution in [0.2, 0.25) is 0 Å². The maximum atomic E-state index is 14.7. The Hall–Kier alpha value is -13.6. The molecule has 16 aromatic rings. The first-order valence-electron chi connectivity index (χ1n) is 41.6. The molecule has 0 saturated heterocycles. The van der Waals surface area contributed by atoms with Crippen LogP contribution in [0, 0.1) is 116 Å². The Labute approximate surface area is 735 Å². The van der Waals surface area contributed by atoms with Gasteiger partial charge >= 0.3 is 0 Å². The number of aryl methyl sites for hydroxylation is 4. The van der Waals surface area contributed by atoms with Gasteiger partial charge in [0.1, 0.15) is 26.4 Å². The predicted molar refractivity (Wildman–Crippen MR) is 465 cm³/mol. The molecule has 130 heavy (non-hydrogen) atoms. The second-order valence-electron chi connectivity index (χ2n) is 30.9. The maximum absolute atomic E-state index is 14.7. The maximum Gasteiger partial charge on any atom is 0.195 e. The van der Waals surface area contributed by atoms with E-state index in [1.807, 2.05) is 91.9 Å². The fourth-order valence-corrected chi connectivity index (χ4v) is 14.6. The third-order valence-electron chi connectivity index (χ3n) is 21.7. The number of fused-ring (bicyclic) bond motifs is 4. The summed E-state index contributed by atoms with van der Waals surface area (Å²) in [5.41, 5.74) is 10.5. The SMILES string of the molecule is CCCCCc1ccc(-c2cc(F)c(OCc3ccc4c(F)c(F)c(F)cc4c3)c(F)c2)cc1.CCCCc1ccc(-c2cc(F)c(OCc3ccc4c(F)c(F)c(F)cc4c3)c(F)c2)cc1.CCCc1ccc(-c2cc(F)c(OCc3ccc4c(F)c(F)c(F)cc4c3)c(F)c2)cc1.CCc1ccc(-c2cc(F)c(OCc3ccc4c(F)c(F)c(F)cc4c3)c(F)c2)cc1. The number of rotatable bonds is 26. The Morgan fingerprint density at radius 2 is 0.392 bits per heavy atom. The highest BCUT2D eigenvalue weighted by Crippen LogP contribution is 2.38. The van der Waals surface area contributed by atoms with Gasteiger partial charge in [0.2, 0.25) is 0 Å². The van der Waals surface area contributed by atoms with E-state index in [-0.39, 0.29) is 69.5 Å². The van der Waals surface area contributed by atoms with E-state index < -0.39 is 139 Å². The van der Waals surface area contributed by atoms with Gasteiger partial charge in [0, 0.05) is 21.5 Å². The lowest BCUT2D eigenvalue weighted by Crippen LogP contribution is -2.01. The summed E-state index contributed by atoms with van der Waals surface area (Å²) in [6.45, 7) is 7.39. The minimum absolute atomic E-state index is 0.0965. The first-order valence-corrected chi connectivity index (χ1v) is 41.6. The van der Waals surface area contributed by atoms with Crippen LogP contribution >= 0.6 is 0 Å². The fraction of sp³-hybridized carbons (Fsp3) is 0.170. The van der Waals surface area contributed by atoms with Gasteiger partial charge in [-0.05, 0) is 246 Å². The average Bonchev–Trinajstić information content (AvgIpc) is 0.795. The number of benzene rings is 16. The van der Waals surface area contributed by atoms with E-state index in [9.17, 15) is 87.8 Å². The van der Waals surface area contributed by atoms with Crippen LogP contribution in [0.25, 0.3) is 87.6 Å². The first kappa shape index (κ1) is 94.0. The number of hydrogen-bond acceptors (Lipinski definition) is 4. The lowest BCUT2D eigenvalue weighted by molar-refractivity contribution is 0.274. The topological polar surface area (TPSA) is 36.9 Å². The molecule has 0 bridgehead atoms. The summed E-state index contributed by atoms with van der Waals surface area (Å²) in [5, 5.41) is 0.0753. The van der Waals surface area contributed by atoms with Crippen molar-refractivity contribution in [2.24, 2.45) is 0 Å². The van der Waals surface area contributed by atoms with Crippen molar-refractivity contribution in [3.8, 4) is 67.5 Å². The van der Waals surface area contributed by atoms with E-state index in [1.165, 1.54) is 132 Å². The van der Waals surface area contributed by atoms with Gasteiger partial charge in [0.25, 0.3) is 0 Å². The van der Waals surface area contributed by atoms with Crippen LogP contribution in [0.15, 0.2) is 243 Å². The van der Waals surface area contributed by atoms with Gasteiger partial charge in [-0.25, -0.2) is 87.8 Å². The van der Waals surface area contributed by atoms with E-state index in [1.54, 1.807) is 12.1 Å². The molecule has 0 aliphatic carbocycles. The molecule has 0 amide bonds. The van der Waals surface area contributed by atoms with Gasteiger partial charge in [-0.3, -0.25) is 0 Å². The van der Waals surface area contributed by atoms with Crippen LogP contribution in [0.5, 0.6) is 23.0 Å². The van der Waals surface area contributed by atoms with E-state index >= 15 is 0 Å². The summed E-state index contributed by atoms with van der Waals surface area (Å²) in [4.78, 5) is 0. The molecule has 4 nitrogen and oxygen atoms in total. The Bertz CT molecular complexity index is 6690. The van der Waals surface area contributed by atoms with Crippen molar-refractivity contribution in [3.63, 3.8) is 0 Å². The molecular formula is C106H80F20O4. The smallest absolute Gasteiger partial charge is 0.195 e. The normalized spacial score (nSPS) is 11.2. The molecular weight excluding hydrogens is 1720 g/mol. The summed E-state index contributed by atoms with van der Waals surface area (Å²) >= 11 is 0. The van der Waals surface area contributed by atoms with Crippen LogP contribution in [-0.2, 0) is 52.1 Å². The third kappa shape index (κ3) is 22.4. The largest absolute Gasteiger partial charge is 0.483 e. The van der Waals surface area contributed by atoms with Crippen molar-refractivity contribution in [2.75, 3.05) is 0 Å². The van der Waals surface area contributed by atoms with E-state index in [0.29, 0.717) is 66.8 Å². The molecule has 0 aliphatic rings. The summed E-state index contributed by atoms with van der Waals surface area (Å²) in [5.74, 6) is -25.7. The van der Waals surface area contributed by atoms with Crippen molar-refractivity contribution in [3.05, 3.63) is 404 Å². The number of halogens is 20. The molecule has 0 aromatic heterocycles. The molecule has 0 fully saturated rings. The zero-order valence-electron chi connectivity index (χ0n) is 70.2. The summed E-state index contributed by atoms with van der Waals surface area (Å²) < 4.78 is 301. The van der Waals surface area contributed by atoms with Crippen LogP contribution in [0.3, 0.4) is 0 Å². The Kier molecular flexibility index (Phi) is 30.7. The minimum Gasteiger partial charge on any atom is -0.483 e. The first-order chi connectivity index (χ1) is 62.5. The monoisotopic (exact) mass is 1800 g/mol. The van der Waals surface area contributed by atoms with Gasteiger partial charge in [0.15, 0.2) is 139 Å². The predicted octanol–water partition coefficient (Wildman–Crippen LogP) is 31.7. The van der Waals surface area contributed by atoms with Gasteiger partial charge in [-0.2, -0.15) is 0 Å². The van der Waals surface area contributed by atoms with Crippen molar-refractivity contribution in [2.45, 2.75) is 118 Å². The number of hydrogen-bond donors (Lipinski definition) is 0. The molecule has 16 rings (SSSR count). The standard InChI is InChI=1S/C28H23F5O.C27H21F5O.C26H19F5O.C25H17F5O/c1-2-3-4-5-17-6-9-19(10-7-17)20-13-24(30)28(25(31)14-20)34-16-18-8-11-22-21(12-18)15-23(29)27(33)26(22)32;1-2-3-4-16-5-8-18(9-6-16)19-12-23(29)27(24(30)13-19)33-15-17-7-10-21-20(11-17)14-22(28)26(32)25(21)31;1-2-3-15-4-7-17(8-5-15)18-11-22(28)26(23(29)12-18)32-14-16-6-9-20-19(10-16)13-21(27)25(31)24(20)30;1-2-14-3-6-16(7-4-14)17-10-21(27)25(22(28)11-17)31-13-15-5-8-19-18(9-15)12-20(26)24(30)23(19)29/h6-15H,2-5,16H2,1H3;5-14H,2-4,15H2,1H3;4-13H,2-3,14H2,1H3;3-12H,2,13H2,1H3. The van der Waals surface area contributed by atoms with E-state index in [4.69, 9.17) is 18.9 Å². The Morgan fingerprint density at radius 1 is 0.177 bits per heavy atom. The van der Waals surface area contributed by atoms with Crippen LogP contribution < -0.4 is 18.9 Å². The van der Waals surface area contributed by atoms with Crippen molar-refractivity contribution in [1.29, 1.82) is 0 Å². The number of unbranched alkanes of at least 4 members (excludes halogenated alkanes) is 3. The molecule has 0 atom stereocenters. The Balaban J connectivity index is 0.000000148. The van der Waals surface area contributed by atoms with Crippen LogP contribution in [0.4, 0.5) is 87.8 Å². The molecule has 0 saturated carbocycles. The summed E-state index contributed by atoms with van der Waals surface area (Å²) in [6.07, 6.45) is 10.3. The quantitative estimate of drug-likeness (QED) is 0.0308. The molecule has 0 spiro atoms. The summed E-state index contributed by atoms with van der Waals surface area (Å²) in [6, 6.07) is 59.3. The Morgan fingerprint density at radius 3 is 0.615 bits per heavy atom. The zero-order valence-corrected chi connectivity index (χ0v) is 70.2. The van der Waals surface area contributed by atoms with E-state index in [2.05, 4.69) is 20.8 Å². The lowest BCUT2D eigenvalue weighted by atomic mass is 10.0. The van der Waals surface area contributed by atoms with Crippen molar-refractivity contribution in [1.82, 2.24) is 0 Å². The highest BCUT2D eigenvalue weighted by atomic mass is 19.2. The van der Waals surface area contributed by atoms with Gasteiger partial charge < -0.3 is 18.9 Å². The van der Waals surface area contributed by atoms with Gasteiger partial charge in [-0.1, -0.05) is 199 Å². The average molecular weight is 1800 g/mol. The molecule has 668 valence electrons. The van der Waals surface area contributed by atoms with Crippen LogP contribution in [-0.4, -0.2) is 0 Å². The lowest BCUT2D eigenvalue weighted by Gasteiger charge is -2.12. The summed E-state index contributed by atoms with van der Waals surface area (Å²) in [7, 11) is 0. The van der Waals surface area contributed by atoms with Gasteiger partial charge in [0.05, 0.1) is 0 Å². The molecule has 16 aromatic carbocycles. The second-order valence-corrected chi connectivity index (χ2v) is 30.9. The van der Waals surface area contributed by atoms with E-state index in [0.717, 1.165) is 99.6 Å². The minimum atomic E-state index is -1.55. The molecule has 0 heterocycles. The third-order valence-corrected chi connectivity index (χ3v) is 21.7. The molecule has 24 heteroatoms. The highest BCUT2D eigenvalue weighted by Gasteiger charge is 2.24.